The first-order chi connectivity index (χ1) is 9.08. The van der Waals surface area contributed by atoms with Crippen molar-refractivity contribution >= 4 is 23.5 Å². The van der Waals surface area contributed by atoms with E-state index in [1.165, 1.54) is 17.0 Å². The molecule has 7 heteroatoms. The van der Waals surface area contributed by atoms with Crippen LogP contribution in [0.15, 0.2) is 16.5 Å². The number of nitrogens with zero attached hydrogens (tertiary/aromatic N) is 1. The van der Waals surface area contributed by atoms with Crippen LogP contribution in [0.4, 0.5) is 0 Å². The fourth-order valence-electron chi connectivity index (χ4n) is 2.08. The van der Waals surface area contributed by atoms with Gasteiger partial charge in [0.15, 0.2) is 11.0 Å². The summed E-state index contributed by atoms with van der Waals surface area (Å²) in [6.07, 6.45) is 1.24. The number of rotatable bonds is 4. The second-order valence-corrected chi connectivity index (χ2v) is 4.65. The van der Waals surface area contributed by atoms with Gasteiger partial charge in [0.2, 0.25) is 0 Å². The number of amides is 1. The molecule has 0 bridgehead atoms. The van der Waals surface area contributed by atoms with Gasteiger partial charge in [-0.25, -0.2) is 0 Å². The fourth-order valence-corrected chi connectivity index (χ4v) is 2.23. The molecule has 1 aromatic heterocycles. The van der Waals surface area contributed by atoms with Crippen LogP contribution in [0.1, 0.15) is 23.4 Å². The minimum atomic E-state index is -1.06. The largest absolute Gasteiger partial charge is 0.480 e. The van der Waals surface area contributed by atoms with Gasteiger partial charge in [0.25, 0.3) is 5.91 Å². The maximum Gasteiger partial charge on any atom is 0.323 e. The molecule has 1 aliphatic heterocycles. The number of carboxylic acid groups (broad SMARTS) is 1. The predicted octanol–water partition coefficient (Wildman–Crippen LogP) is 1.64. The normalized spacial score (nSPS) is 16.3. The number of ether oxygens (including phenoxy) is 1. The number of furan rings is 1. The Morgan fingerprint density at radius 3 is 2.58 bits per heavy atom. The van der Waals surface area contributed by atoms with Crippen molar-refractivity contribution < 1.29 is 23.8 Å². The van der Waals surface area contributed by atoms with Crippen molar-refractivity contribution in [3.05, 3.63) is 23.1 Å². The molecule has 0 aromatic carbocycles. The van der Waals surface area contributed by atoms with Gasteiger partial charge in [-0.3, -0.25) is 9.59 Å². The molecule has 2 heterocycles. The smallest absolute Gasteiger partial charge is 0.323 e. The standard InChI is InChI=1S/C12H14ClNO5/c13-10-2-1-9(19-10)12(17)14(7-11(15)16)8-3-5-18-6-4-8/h1-2,8H,3-7H2,(H,15,16). The topological polar surface area (TPSA) is 80.0 Å². The number of carbonyl (C=O) groups excluding carboxylic acids is 1. The van der Waals surface area contributed by atoms with Crippen molar-refractivity contribution in [2.75, 3.05) is 19.8 Å². The molecule has 1 aromatic rings. The van der Waals surface area contributed by atoms with E-state index in [2.05, 4.69) is 0 Å². The van der Waals surface area contributed by atoms with Gasteiger partial charge in [-0.1, -0.05) is 0 Å². The Balaban J connectivity index is 2.16. The van der Waals surface area contributed by atoms with Crippen LogP contribution in [0.5, 0.6) is 0 Å². The zero-order valence-corrected chi connectivity index (χ0v) is 10.9. The molecule has 1 aliphatic rings. The number of hydrogen-bond acceptors (Lipinski definition) is 4. The van der Waals surface area contributed by atoms with Gasteiger partial charge in [0.05, 0.1) is 0 Å². The van der Waals surface area contributed by atoms with E-state index in [9.17, 15) is 9.59 Å². The van der Waals surface area contributed by atoms with E-state index in [1.807, 2.05) is 0 Å². The second-order valence-electron chi connectivity index (χ2n) is 4.27. The zero-order chi connectivity index (χ0) is 13.8. The zero-order valence-electron chi connectivity index (χ0n) is 10.2. The molecule has 6 nitrogen and oxygen atoms in total. The molecule has 0 atom stereocenters. The molecule has 2 rings (SSSR count). The molecule has 19 heavy (non-hydrogen) atoms. The maximum absolute atomic E-state index is 12.3. The van der Waals surface area contributed by atoms with Gasteiger partial charge in [0, 0.05) is 19.3 Å². The highest BCUT2D eigenvalue weighted by Crippen LogP contribution is 2.20. The van der Waals surface area contributed by atoms with E-state index >= 15 is 0 Å². The summed E-state index contributed by atoms with van der Waals surface area (Å²) >= 11 is 5.63. The number of carboxylic acids is 1. The highest BCUT2D eigenvalue weighted by molar-refractivity contribution is 6.29. The SMILES string of the molecule is O=C(O)CN(C(=O)c1ccc(Cl)o1)C1CCOCC1. The lowest BCUT2D eigenvalue weighted by atomic mass is 10.1. The van der Waals surface area contributed by atoms with E-state index in [-0.39, 0.29) is 23.6 Å². The summed E-state index contributed by atoms with van der Waals surface area (Å²) in [5.74, 6) is -1.46. The van der Waals surface area contributed by atoms with Crippen molar-refractivity contribution in [1.29, 1.82) is 0 Å². The van der Waals surface area contributed by atoms with E-state index in [1.54, 1.807) is 0 Å². The summed E-state index contributed by atoms with van der Waals surface area (Å²) in [5, 5.41) is 9.04. The lowest BCUT2D eigenvalue weighted by Gasteiger charge is -2.32. The summed E-state index contributed by atoms with van der Waals surface area (Å²) in [5.41, 5.74) is 0. The first kappa shape index (κ1) is 13.9. The lowest BCUT2D eigenvalue weighted by molar-refractivity contribution is -0.138. The molecule has 1 saturated heterocycles. The second kappa shape index (κ2) is 6.08. The van der Waals surface area contributed by atoms with E-state index in [0.717, 1.165) is 0 Å². The molecule has 0 unspecified atom stereocenters. The Morgan fingerprint density at radius 2 is 2.05 bits per heavy atom. The van der Waals surface area contributed by atoms with E-state index in [4.69, 9.17) is 25.9 Å². The van der Waals surface area contributed by atoms with E-state index in [0.29, 0.717) is 26.1 Å². The van der Waals surface area contributed by atoms with Crippen molar-refractivity contribution in [2.24, 2.45) is 0 Å². The highest BCUT2D eigenvalue weighted by atomic mass is 35.5. The third kappa shape index (κ3) is 3.48. The quantitative estimate of drug-likeness (QED) is 0.910. The van der Waals surface area contributed by atoms with Crippen molar-refractivity contribution in [1.82, 2.24) is 4.90 Å². The average molecular weight is 288 g/mol. The van der Waals surface area contributed by atoms with E-state index < -0.39 is 11.9 Å². The van der Waals surface area contributed by atoms with Crippen LogP contribution >= 0.6 is 11.6 Å². The lowest BCUT2D eigenvalue weighted by Crippen LogP contribution is -2.45. The Labute approximate surface area is 114 Å². The first-order valence-corrected chi connectivity index (χ1v) is 6.31. The number of hydrogen-bond donors (Lipinski definition) is 1. The van der Waals surface area contributed by atoms with Crippen LogP contribution in [0.3, 0.4) is 0 Å². The van der Waals surface area contributed by atoms with Crippen molar-refractivity contribution in [3.8, 4) is 0 Å². The van der Waals surface area contributed by atoms with Crippen LogP contribution < -0.4 is 0 Å². The molecular weight excluding hydrogens is 274 g/mol. The monoisotopic (exact) mass is 287 g/mol. The number of halogens is 1. The van der Waals surface area contributed by atoms with Crippen LogP contribution in [0.2, 0.25) is 5.22 Å². The van der Waals surface area contributed by atoms with Gasteiger partial charge in [0.1, 0.15) is 6.54 Å². The molecule has 0 saturated carbocycles. The summed E-state index contributed by atoms with van der Waals surface area (Å²) in [6, 6.07) is 2.75. The fraction of sp³-hybridized carbons (Fsp3) is 0.500. The summed E-state index contributed by atoms with van der Waals surface area (Å²) in [6.45, 7) is 0.682. The summed E-state index contributed by atoms with van der Waals surface area (Å²) < 4.78 is 10.3. The Hall–Kier alpha value is -1.53. The summed E-state index contributed by atoms with van der Waals surface area (Å²) in [4.78, 5) is 24.5. The van der Waals surface area contributed by atoms with Gasteiger partial charge in [-0.15, -0.1) is 0 Å². The van der Waals surface area contributed by atoms with Crippen molar-refractivity contribution in [3.63, 3.8) is 0 Å². The summed E-state index contributed by atoms with van der Waals surface area (Å²) in [7, 11) is 0. The highest BCUT2D eigenvalue weighted by Gasteiger charge is 2.29. The van der Waals surface area contributed by atoms with Crippen LogP contribution in [0.25, 0.3) is 0 Å². The predicted molar refractivity (Wildman–Crippen MR) is 66.2 cm³/mol. The molecule has 0 spiro atoms. The van der Waals surface area contributed by atoms with Crippen molar-refractivity contribution in [2.45, 2.75) is 18.9 Å². The first-order valence-electron chi connectivity index (χ1n) is 5.94. The van der Waals surface area contributed by atoms with Gasteiger partial charge >= 0.3 is 5.97 Å². The molecule has 0 aliphatic carbocycles. The maximum atomic E-state index is 12.3. The Kier molecular flexibility index (Phi) is 4.44. The molecule has 104 valence electrons. The van der Waals surface area contributed by atoms with Crippen LogP contribution in [-0.4, -0.2) is 47.7 Å². The van der Waals surface area contributed by atoms with Gasteiger partial charge in [-0.2, -0.15) is 0 Å². The van der Waals surface area contributed by atoms with Gasteiger partial charge in [-0.05, 0) is 36.6 Å². The molecule has 1 amide bonds. The molecule has 1 fully saturated rings. The molecule has 1 N–H and O–H groups in total. The average Bonchev–Trinajstić information content (AvgIpc) is 2.83. The van der Waals surface area contributed by atoms with Gasteiger partial charge < -0.3 is 19.2 Å². The Bertz CT molecular complexity index is 466. The minimum absolute atomic E-state index is 0.0535. The number of carbonyl (C=O) groups is 2. The van der Waals surface area contributed by atoms with Crippen LogP contribution in [-0.2, 0) is 9.53 Å². The van der Waals surface area contributed by atoms with Crippen LogP contribution in [0, 0.1) is 0 Å². The minimum Gasteiger partial charge on any atom is -0.480 e. The Morgan fingerprint density at radius 1 is 1.37 bits per heavy atom. The third-order valence-electron chi connectivity index (χ3n) is 2.98. The number of aliphatic carboxylic acids is 1. The third-order valence-corrected chi connectivity index (χ3v) is 3.19. The molecule has 0 radical (unpaired) electrons. The molecular formula is C12H14ClNO5.